The Morgan fingerprint density at radius 1 is 1.41 bits per heavy atom. The van der Waals surface area contributed by atoms with Gasteiger partial charge in [-0.05, 0) is 42.7 Å². The van der Waals surface area contributed by atoms with E-state index in [1.165, 1.54) is 25.1 Å². The Morgan fingerprint density at radius 3 is 2.81 bits per heavy atom. The summed E-state index contributed by atoms with van der Waals surface area (Å²) in [5.41, 5.74) is 4.66. The third-order valence-corrected chi connectivity index (χ3v) is 5.87. The zero-order valence-corrected chi connectivity index (χ0v) is 17.5. The van der Waals surface area contributed by atoms with Crippen LogP contribution in [0.25, 0.3) is 0 Å². The number of hydrogen-bond acceptors (Lipinski definition) is 6. The standard InChI is InChI=1S/C21H18ClF4N3O3/c1-9-2-11(31-19(25)26)7-28-18(9)15(30)5-10-3-13(17(24)14(22)4-10)21(8-23)12-6-16(12)32-20(27)29-21/h2-4,7,12,16,19H,5-6,8H2,1H3,(H2,27,29)/t12-,16+,21-/m0/s1. The number of aliphatic imine (C=N–C) groups is 1. The number of hydrogen-bond donors (Lipinski definition) is 1. The smallest absolute Gasteiger partial charge is 0.387 e. The van der Waals surface area contributed by atoms with E-state index in [-0.39, 0.29) is 40.6 Å². The van der Waals surface area contributed by atoms with Crippen LogP contribution in [0.1, 0.15) is 33.6 Å². The van der Waals surface area contributed by atoms with Crippen molar-refractivity contribution in [2.45, 2.75) is 38.0 Å². The molecule has 2 N–H and O–H groups in total. The van der Waals surface area contributed by atoms with Gasteiger partial charge in [0.25, 0.3) is 6.02 Å². The lowest BCUT2D eigenvalue weighted by Gasteiger charge is -2.32. The summed E-state index contributed by atoms with van der Waals surface area (Å²) in [6.45, 7) is -2.52. The number of Topliss-reactive ketones (excluding diaryl/α,β-unsaturated/α-hetero) is 1. The van der Waals surface area contributed by atoms with Crippen LogP contribution in [0.5, 0.6) is 5.75 Å². The average molecular weight is 472 g/mol. The number of nitrogens with two attached hydrogens (primary N) is 1. The SMILES string of the molecule is Cc1cc(OC(F)F)cnc1C(=O)Cc1cc(Cl)c(F)c([C@@]2(CF)N=C(N)O[C@@H]3C[C@@H]32)c1. The van der Waals surface area contributed by atoms with E-state index in [1.807, 2.05) is 0 Å². The van der Waals surface area contributed by atoms with Crippen molar-refractivity contribution in [2.24, 2.45) is 16.6 Å². The summed E-state index contributed by atoms with van der Waals surface area (Å²) in [6, 6.07) is 3.65. The molecule has 2 aromatic rings. The Labute approximate surface area is 185 Å². The number of aromatic nitrogens is 1. The number of fused-ring (bicyclic) bond motifs is 1. The molecule has 1 saturated carbocycles. The van der Waals surface area contributed by atoms with Gasteiger partial charge >= 0.3 is 6.61 Å². The zero-order chi connectivity index (χ0) is 23.2. The number of nitrogens with zero attached hydrogens (tertiary/aromatic N) is 2. The van der Waals surface area contributed by atoms with Crippen LogP contribution in [0.15, 0.2) is 29.4 Å². The molecule has 1 aliphatic carbocycles. The number of rotatable bonds is 7. The molecule has 0 bridgehead atoms. The average Bonchev–Trinajstić information content (AvgIpc) is 3.49. The molecule has 6 nitrogen and oxygen atoms in total. The molecule has 0 amide bonds. The molecule has 1 aromatic heterocycles. The molecule has 0 saturated heterocycles. The van der Waals surface area contributed by atoms with Crippen molar-refractivity contribution in [3.63, 3.8) is 0 Å². The minimum atomic E-state index is -3.02. The van der Waals surface area contributed by atoms with Crippen LogP contribution in [0.2, 0.25) is 5.02 Å². The Balaban J connectivity index is 1.66. The molecule has 170 valence electrons. The Bertz CT molecular complexity index is 1110. The number of carbonyl (C=O) groups excluding carboxylic acids is 1. The van der Waals surface area contributed by atoms with Gasteiger partial charge in [0.05, 0.1) is 11.2 Å². The molecule has 0 radical (unpaired) electrons. The molecule has 2 aliphatic rings. The van der Waals surface area contributed by atoms with Crippen LogP contribution in [0.3, 0.4) is 0 Å². The number of halogens is 5. The molecule has 11 heteroatoms. The summed E-state index contributed by atoms with van der Waals surface area (Å²) in [4.78, 5) is 20.8. The number of ether oxygens (including phenoxy) is 2. The fourth-order valence-corrected chi connectivity index (χ4v) is 4.31. The predicted octanol–water partition coefficient (Wildman–Crippen LogP) is 4.11. The first-order valence-electron chi connectivity index (χ1n) is 9.65. The van der Waals surface area contributed by atoms with Gasteiger partial charge in [0.1, 0.15) is 35.6 Å². The largest absolute Gasteiger partial charge is 0.462 e. The van der Waals surface area contributed by atoms with Gasteiger partial charge in [0.2, 0.25) is 0 Å². The van der Waals surface area contributed by atoms with Crippen molar-refractivity contribution in [3.8, 4) is 5.75 Å². The quantitative estimate of drug-likeness (QED) is 0.485. The van der Waals surface area contributed by atoms with Gasteiger partial charge in [0.15, 0.2) is 5.78 Å². The number of carbonyl (C=O) groups is 1. The maximum Gasteiger partial charge on any atom is 0.387 e. The van der Waals surface area contributed by atoms with Gasteiger partial charge in [-0.15, -0.1) is 0 Å². The summed E-state index contributed by atoms with van der Waals surface area (Å²) in [5.74, 6) is -1.89. The van der Waals surface area contributed by atoms with Crippen molar-refractivity contribution < 1.29 is 31.8 Å². The van der Waals surface area contributed by atoms with Crippen molar-refractivity contribution in [1.82, 2.24) is 4.98 Å². The van der Waals surface area contributed by atoms with Crippen LogP contribution < -0.4 is 10.5 Å². The zero-order valence-electron chi connectivity index (χ0n) is 16.7. The van der Waals surface area contributed by atoms with Crippen molar-refractivity contribution in [2.75, 3.05) is 6.67 Å². The first-order valence-corrected chi connectivity index (χ1v) is 10.0. The van der Waals surface area contributed by atoms with Crippen LogP contribution in [0.4, 0.5) is 17.6 Å². The summed E-state index contributed by atoms with van der Waals surface area (Å²) < 4.78 is 63.5. The highest BCUT2D eigenvalue weighted by atomic mass is 35.5. The third kappa shape index (κ3) is 3.99. The van der Waals surface area contributed by atoms with Crippen molar-refractivity contribution >= 4 is 23.4 Å². The molecule has 4 rings (SSSR count). The normalized spacial score (nSPS) is 23.9. The van der Waals surface area contributed by atoms with Crippen molar-refractivity contribution in [1.29, 1.82) is 0 Å². The topological polar surface area (TPSA) is 86.8 Å². The molecular weight excluding hydrogens is 454 g/mol. The summed E-state index contributed by atoms with van der Waals surface area (Å²) in [7, 11) is 0. The van der Waals surface area contributed by atoms with E-state index in [9.17, 15) is 22.4 Å². The third-order valence-electron chi connectivity index (χ3n) is 5.59. The second-order valence-corrected chi connectivity index (χ2v) is 8.17. The first kappa shape index (κ1) is 22.3. The van der Waals surface area contributed by atoms with Gasteiger partial charge in [-0.2, -0.15) is 8.78 Å². The maximum absolute atomic E-state index is 15.0. The summed E-state index contributed by atoms with van der Waals surface area (Å²) in [6.07, 6.45) is 0.889. The van der Waals surface area contributed by atoms with E-state index in [0.717, 1.165) is 6.20 Å². The maximum atomic E-state index is 15.0. The molecule has 0 unspecified atom stereocenters. The van der Waals surface area contributed by atoms with E-state index in [1.54, 1.807) is 0 Å². The second-order valence-electron chi connectivity index (χ2n) is 7.76. The lowest BCUT2D eigenvalue weighted by molar-refractivity contribution is -0.0501. The second kappa shape index (κ2) is 8.23. The van der Waals surface area contributed by atoms with E-state index >= 15 is 0 Å². The number of amidine groups is 1. The van der Waals surface area contributed by atoms with Gasteiger partial charge in [0, 0.05) is 17.9 Å². The van der Waals surface area contributed by atoms with Crippen LogP contribution in [-0.2, 0) is 16.7 Å². The minimum absolute atomic E-state index is 0.0319. The highest BCUT2D eigenvalue weighted by Crippen LogP contribution is 2.54. The summed E-state index contributed by atoms with van der Waals surface area (Å²) in [5, 5.41) is -0.291. The monoisotopic (exact) mass is 471 g/mol. The number of aryl methyl sites for hydroxylation is 1. The minimum Gasteiger partial charge on any atom is -0.462 e. The molecular formula is C21H18ClF4N3O3. The predicted molar refractivity (Wildman–Crippen MR) is 107 cm³/mol. The molecule has 1 aromatic carbocycles. The highest BCUT2D eigenvalue weighted by molar-refractivity contribution is 6.31. The van der Waals surface area contributed by atoms with Crippen LogP contribution in [-0.4, -0.2) is 36.2 Å². The van der Waals surface area contributed by atoms with E-state index in [2.05, 4.69) is 14.7 Å². The molecule has 0 spiro atoms. The fraction of sp³-hybridized carbons (Fsp3) is 0.381. The van der Waals surface area contributed by atoms with Gasteiger partial charge in [-0.3, -0.25) is 4.79 Å². The molecule has 32 heavy (non-hydrogen) atoms. The van der Waals surface area contributed by atoms with E-state index in [0.29, 0.717) is 17.5 Å². The molecule has 3 atom stereocenters. The van der Waals surface area contributed by atoms with Gasteiger partial charge in [-0.1, -0.05) is 11.6 Å². The summed E-state index contributed by atoms with van der Waals surface area (Å²) >= 11 is 6.06. The van der Waals surface area contributed by atoms with E-state index < -0.39 is 36.3 Å². The fourth-order valence-electron chi connectivity index (χ4n) is 4.07. The van der Waals surface area contributed by atoms with Crippen LogP contribution >= 0.6 is 11.6 Å². The Hall–Kier alpha value is -2.88. The van der Waals surface area contributed by atoms with Crippen molar-refractivity contribution in [3.05, 3.63) is 57.6 Å². The lowest BCUT2D eigenvalue weighted by atomic mass is 9.84. The molecule has 2 heterocycles. The van der Waals surface area contributed by atoms with Gasteiger partial charge < -0.3 is 15.2 Å². The number of benzene rings is 1. The Morgan fingerprint density at radius 2 is 2.16 bits per heavy atom. The lowest BCUT2D eigenvalue weighted by Crippen LogP contribution is -2.40. The highest BCUT2D eigenvalue weighted by Gasteiger charge is 2.60. The number of pyridine rings is 1. The first-order chi connectivity index (χ1) is 15.1. The molecule has 1 aliphatic heterocycles. The number of alkyl halides is 3. The Kier molecular flexibility index (Phi) is 5.74. The van der Waals surface area contributed by atoms with Crippen LogP contribution in [0, 0.1) is 18.7 Å². The van der Waals surface area contributed by atoms with E-state index in [4.69, 9.17) is 22.1 Å². The molecule has 1 fully saturated rings. The van der Waals surface area contributed by atoms with Gasteiger partial charge in [-0.25, -0.2) is 18.8 Å². The number of ketones is 1.